The minimum atomic E-state index is -1.79. The fourth-order valence-electron chi connectivity index (χ4n) is 4.11. The molecular formula is C25H40O9. The van der Waals surface area contributed by atoms with E-state index in [2.05, 4.69) is 0 Å². The first-order valence-corrected chi connectivity index (χ1v) is 12.4. The maximum absolute atomic E-state index is 11.6. The Labute approximate surface area is 201 Å². The van der Waals surface area contributed by atoms with Crippen LogP contribution in [-0.2, 0) is 33.4 Å². The lowest BCUT2D eigenvalue weighted by molar-refractivity contribution is -0.170. The highest BCUT2D eigenvalue weighted by molar-refractivity contribution is 5.98. The monoisotopic (exact) mass is 484 g/mol. The molecule has 0 radical (unpaired) electrons. The molecule has 0 spiro atoms. The average Bonchev–Trinajstić information content (AvgIpc) is 2.82. The Hall–Kier alpha value is -2.42. The summed E-state index contributed by atoms with van der Waals surface area (Å²) >= 11 is 0. The van der Waals surface area contributed by atoms with Gasteiger partial charge in [0, 0.05) is 18.8 Å². The molecule has 0 bridgehead atoms. The maximum atomic E-state index is 11.6. The lowest BCUT2D eigenvalue weighted by Gasteiger charge is -2.23. The van der Waals surface area contributed by atoms with Crippen LogP contribution in [0.25, 0.3) is 0 Å². The first kappa shape index (κ1) is 29.6. The van der Waals surface area contributed by atoms with Crippen LogP contribution < -0.4 is 0 Å². The Kier molecular flexibility index (Phi) is 14.2. The number of carboxylic acid groups (broad SMARTS) is 2. The van der Waals surface area contributed by atoms with Crippen molar-refractivity contribution >= 4 is 23.9 Å². The molecule has 2 N–H and O–H groups in total. The van der Waals surface area contributed by atoms with Crippen molar-refractivity contribution < 1.29 is 43.6 Å². The van der Waals surface area contributed by atoms with Crippen molar-refractivity contribution in [1.29, 1.82) is 0 Å². The number of carboxylic acids is 2. The van der Waals surface area contributed by atoms with Crippen molar-refractivity contribution in [2.24, 2.45) is 5.41 Å². The summed E-state index contributed by atoms with van der Waals surface area (Å²) in [5.41, 5.74) is -1.79. The molecule has 9 heteroatoms. The fraction of sp³-hybridized carbons (Fsp3) is 0.760. The van der Waals surface area contributed by atoms with Gasteiger partial charge in [0.25, 0.3) is 0 Å². The fourth-order valence-corrected chi connectivity index (χ4v) is 4.11. The summed E-state index contributed by atoms with van der Waals surface area (Å²) in [4.78, 5) is 45.0. The van der Waals surface area contributed by atoms with Crippen molar-refractivity contribution in [2.75, 3.05) is 13.2 Å². The topological polar surface area (TPSA) is 136 Å². The van der Waals surface area contributed by atoms with E-state index in [1.54, 1.807) is 13.8 Å². The lowest BCUT2D eigenvalue weighted by Crippen LogP contribution is -2.43. The van der Waals surface area contributed by atoms with Crippen molar-refractivity contribution in [2.45, 2.75) is 103 Å². The molecule has 9 nitrogen and oxygen atoms in total. The lowest BCUT2D eigenvalue weighted by atomic mass is 9.84. The Morgan fingerprint density at radius 2 is 1.18 bits per heavy atom. The molecule has 2 rings (SSSR count). The van der Waals surface area contributed by atoms with Gasteiger partial charge in [-0.3, -0.25) is 9.59 Å². The number of hydrogen-bond donors (Lipinski definition) is 2. The van der Waals surface area contributed by atoms with Crippen LogP contribution in [0, 0.1) is 5.41 Å². The van der Waals surface area contributed by atoms with Crippen molar-refractivity contribution in [3.8, 4) is 0 Å². The zero-order chi connectivity index (χ0) is 25.4. The zero-order valence-corrected chi connectivity index (χ0v) is 20.5. The van der Waals surface area contributed by atoms with Crippen molar-refractivity contribution in [3.05, 3.63) is 12.2 Å². The quantitative estimate of drug-likeness (QED) is 0.250. The summed E-state index contributed by atoms with van der Waals surface area (Å²) in [6.45, 7) is 3.47. The highest BCUT2D eigenvalue weighted by Gasteiger charge is 2.46. The number of rotatable bonds is 11. The van der Waals surface area contributed by atoms with Crippen LogP contribution in [0.1, 0.15) is 90.9 Å². The van der Waals surface area contributed by atoms with Gasteiger partial charge in [0.05, 0.1) is 6.61 Å². The van der Waals surface area contributed by atoms with Gasteiger partial charge in [0.2, 0.25) is 0 Å². The van der Waals surface area contributed by atoms with Gasteiger partial charge >= 0.3 is 23.9 Å². The second-order valence-electron chi connectivity index (χ2n) is 8.81. The molecule has 0 saturated heterocycles. The van der Waals surface area contributed by atoms with Crippen LogP contribution >= 0.6 is 0 Å². The number of esters is 2. The summed E-state index contributed by atoms with van der Waals surface area (Å²) in [6, 6.07) is 0. The van der Waals surface area contributed by atoms with E-state index in [-0.39, 0.29) is 25.2 Å². The van der Waals surface area contributed by atoms with Gasteiger partial charge in [-0.1, -0.05) is 26.2 Å². The molecule has 0 unspecified atom stereocenters. The Morgan fingerprint density at radius 1 is 0.765 bits per heavy atom. The van der Waals surface area contributed by atoms with Gasteiger partial charge in [-0.15, -0.1) is 0 Å². The van der Waals surface area contributed by atoms with Gasteiger partial charge in [-0.2, -0.15) is 0 Å². The predicted molar refractivity (Wildman–Crippen MR) is 124 cm³/mol. The molecule has 0 aromatic carbocycles. The van der Waals surface area contributed by atoms with E-state index in [0.717, 1.165) is 51.4 Å². The first-order chi connectivity index (χ1) is 16.2. The minimum Gasteiger partial charge on any atom is -0.480 e. The second kappa shape index (κ2) is 16.2. The zero-order valence-electron chi connectivity index (χ0n) is 20.5. The van der Waals surface area contributed by atoms with Crippen LogP contribution in [-0.4, -0.2) is 59.5 Å². The smallest absolute Gasteiger partial charge is 0.331 e. The number of carbonyl (C=O) groups excluding carboxylic acids is 2. The van der Waals surface area contributed by atoms with Crippen molar-refractivity contribution in [1.82, 2.24) is 0 Å². The molecular weight excluding hydrogens is 444 g/mol. The summed E-state index contributed by atoms with van der Waals surface area (Å²) < 4.78 is 15.5. The van der Waals surface area contributed by atoms with Crippen LogP contribution in [0.4, 0.5) is 0 Å². The molecule has 0 aromatic rings. The highest BCUT2D eigenvalue weighted by atomic mass is 16.5. The Morgan fingerprint density at radius 3 is 1.50 bits per heavy atom. The predicted octanol–water partition coefficient (Wildman–Crippen LogP) is 4.27. The van der Waals surface area contributed by atoms with E-state index >= 15 is 0 Å². The minimum absolute atomic E-state index is 0.0234. The standard InChI is InChI=1S/C16H24O4.C9H16O5/c17-15(19-13-7-3-1-4-8-13)11-12-16(18)20-14-9-5-2-6-10-14;1-3-5-9(7(10)11,8(12)13)6-14-4-2/h11-14H,1-10H2;3-6H2,1-2H3,(H,10,11)(H,12,13)/b12-11-;. The molecule has 2 saturated carbocycles. The van der Waals surface area contributed by atoms with E-state index < -0.39 is 29.3 Å². The second-order valence-corrected chi connectivity index (χ2v) is 8.81. The van der Waals surface area contributed by atoms with Crippen LogP contribution in [0.2, 0.25) is 0 Å². The van der Waals surface area contributed by atoms with E-state index in [4.69, 9.17) is 24.4 Å². The summed E-state index contributed by atoms with van der Waals surface area (Å²) in [5, 5.41) is 17.8. The third-order valence-electron chi connectivity index (χ3n) is 6.07. The van der Waals surface area contributed by atoms with Gasteiger partial charge < -0.3 is 24.4 Å². The molecule has 2 fully saturated rings. The third-order valence-corrected chi connectivity index (χ3v) is 6.07. The van der Waals surface area contributed by atoms with Crippen molar-refractivity contribution in [3.63, 3.8) is 0 Å². The summed E-state index contributed by atoms with van der Waals surface area (Å²) in [6.07, 6.45) is 13.7. The molecule has 2 aliphatic carbocycles. The van der Waals surface area contributed by atoms with Crippen LogP contribution in [0.5, 0.6) is 0 Å². The molecule has 0 amide bonds. The van der Waals surface area contributed by atoms with Crippen LogP contribution in [0.15, 0.2) is 12.2 Å². The molecule has 34 heavy (non-hydrogen) atoms. The van der Waals surface area contributed by atoms with E-state index in [1.807, 2.05) is 0 Å². The number of ether oxygens (including phenoxy) is 3. The molecule has 0 aliphatic heterocycles. The van der Waals surface area contributed by atoms with E-state index in [1.165, 1.54) is 25.0 Å². The van der Waals surface area contributed by atoms with Gasteiger partial charge in [-0.25, -0.2) is 9.59 Å². The Balaban J connectivity index is 0.000000365. The number of aliphatic carboxylic acids is 2. The summed E-state index contributed by atoms with van der Waals surface area (Å²) in [7, 11) is 0. The van der Waals surface area contributed by atoms with E-state index in [9.17, 15) is 19.2 Å². The number of hydrogen-bond acceptors (Lipinski definition) is 7. The van der Waals surface area contributed by atoms with E-state index in [0.29, 0.717) is 13.0 Å². The van der Waals surface area contributed by atoms with Gasteiger partial charge in [0.15, 0.2) is 5.41 Å². The molecule has 0 aromatic heterocycles. The van der Waals surface area contributed by atoms with Crippen LogP contribution in [0.3, 0.4) is 0 Å². The third kappa shape index (κ3) is 10.7. The van der Waals surface area contributed by atoms with Gasteiger partial charge in [0.1, 0.15) is 12.2 Å². The first-order valence-electron chi connectivity index (χ1n) is 12.4. The highest BCUT2D eigenvalue weighted by Crippen LogP contribution is 2.25. The largest absolute Gasteiger partial charge is 0.480 e. The molecule has 2 aliphatic rings. The maximum Gasteiger partial charge on any atom is 0.331 e. The molecule has 0 atom stereocenters. The Bertz CT molecular complexity index is 626. The van der Waals surface area contributed by atoms with Gasteiger partial charge in [-0.05, 0) is 64.7 Å². The normalized spacial score (nSPS) is 17.5. The number of carbonyl (C=O) groups is 4. The molecule has 194 valence electrons. The summed E-state index contributed by atoms with van der Waals surface area (Å²) in [5.74, 6) is -3.53. The SMILES string of the molecule is CCCC(COCC)(C(=O)O)C(=O)O.O=C(/C=C\C(=O)OC1CCCCC1)OC1CCCCC1. The average molecular weight is 485 g/mol. The molecule has 0 heterocycles.